The zero-order chi connectivity index (χ0) is 13.8. The van der Waals surface area contributed by atoms with Gasteiger partial charge < -0.3 is 4.74 Å². The monoisotopic (exact) mass is 276 g/mol. The number of hydrogen-bond donors (Lipinski definition) is 0. The van der Waals surface area contributed by atoms with Crippen LogP contribution in [0.15, 0.2) is 24.3 Å². The molecule has 0 aliphatic heterocycles. The number of aryl methyl sites for hydroxylation is 1. The predicted molar refractivity (Wildman–Crippen MR) is 77.0 cm³/mol. The quantitative estimate of drug-likeness (QED) is 0.801. The second kappa shape index (κ2) is 6.02. The number of ether oxygens (including phenoxy) is 1. The van der Waals surface area contributed by atoms with Crippen LogP contribution in [0.25, 0.3) is 0 Å². The predicted octanol–water partition coefficient (Wildman–Crippen LogP) is 3.60. The van der Waals surface area contributed by atoms with E-state index in [1.165, 1.54) is 0 Å². The van der Waals surface area contributed by atoms with Gasteiger partial charge in [0.1, 0.15) is 16.7 Å². The molecule has 1 aromatic carbocycles. The van der Waals surface area contributed by atoms with Gasteiger partial charge in [0.15, 0.2) is 0 Å². The van der Waals surface area contributed by atoms with E-state index < -0.39 is 0 Å². The molecular weight excluding hydrogens is 260 g/mol. The molecule has 0 amide bonds. The third-order valence-electron chi connectivity index (χ3n) is 3.08. The average molecular weight is 277 g/mol. The Balaban J connectivity index is 2.23. The number of benzene rings is 1. The van der Waals surface area contributed by atoms with Gasteiger partial charge >= 0.3 is 0 Å². The summed E-state index contributed by atoms with van der Waals surface area (Å²) >= 11 is 6.18. The van der Waals surface area contributed by atoms with E-state index in [-0.39, 0.29) is 0 Å². The Morgan fingerprint density at radius 1 is 1.16 bits per heavy atom. The van der Waals surface area contributed by atoms with E-state index in [1.807, 2.05) is 31.2 Å². The third kappa shape index (κ3) is 3.24. The summed E-state index contributed by atoms with van der Waals surface area (Å²) in [6.45, 7) is 4.03. The summed E-state index contributed by atoms with van der Waals surface area (Å²) < 4.78 is 5.14. The number of aromatic nitrogens is 2. The van der Waals surface area contributed by atoms with E-state index in [1.54, 1.807) is 7.11 Å². The van der Waals surface area contributed by atoms with Crippen LogP contribution >= 0.6 is 11.6 Å². The summed E-state index contributed by atoms with van der Waals surface area (Å²) in [6.07, 6.45) is 1.53. The van der Waals surface area contributed by atoms with Crippen molar-refractivity contribution in [3.05, 3.63) is 52.1 Å². The van der Waals surface area contributed by atoms with E-state index >= 15 is 0 Å². The van der Waals surface area contributed by atoms with Crippen molar-refractivity contribution in [2.75, 3.05) is 7.11 Å². The highest BCUT2D eigenvalue weighted by Crippen LogP contribution is 2.19. The van der Waals surface area contributed by atoms with E-state index in [9.17, 15) is 0 Å². The van der Waals surface area contributed by atoms with Gasteiger partial charge in [-0.3, -0.25) is 0 Å². The minimum atomic E-state index is 0.568. The van der Waals surface area contributed by atoms with Gasteiger partial charge in [-0.25, -0.2) is 9.97 Å². The van der Waals surface area contributed by atoms with Crippen LogP contribution in [0.5, 0.6) is 5.75 Å². The zero-order valence-corrected chi connectivity index (χ0v) is 12.2. The highest BCUT2D eigenvalue weighted by Gasteiger charge is 2.08. The Labute approximate surface area is 118 Å². The first-order chi connectivity index (χ1) is 9.13. The van der Waals surface area contributed by atoms with Crippen molar-refractivity contribution < 1.29 is 4.74 Å². The molecule has 0 spiro atoms. The molecule has 0 N–H and O–H groups in total. The van der Waals surface area contributed by atoms with Crippen molar-refractivity contribution in [3.8, 4) is 5.75 Å². The fraction of sp³-hybridized carbons (Fsp3) is 0.333. The van der Waals surface area contributed by atoms with Gasteiger partial charge in [-0.1, -0.05) is 30.7 Å². The SMILES string of the molecule is CCc1c(C)nc(Cc2ccc(OC)cc2)nc1Cl. The first-order valence-corrected chi connectivity index (χ1v) is 6.66. The van der Waals surface area contributed by atoms with Gasteiger partial charge in [-0.15, -0.1) is 0 Å². The molecule has 2 rings (SSSR count). The highest BCUT2D eigenvalue weighted by atomic mass is 35.5. The Morgan fingerprint density at radius 2 is 1.84 bits per heavy atom. The second-order valence-electron chi connectivity index (χ2n) is 4.37. The Morgan fingerprint density at radius 3 is 2.37 bits per heavy atom. The summed E-state index contributed by atoms with van der Waals surface area (Å²) in [7, 11) is 1.66. The molecule has 1 heterocycles. The lowest BCUT2D eigenvalue weighted by Crippen LogP contribution is -2.03. The first kappa shape index (κ1) is 13.8. The third-order valence-corrected chi connectivity index (χ3v) is 3.40. The smallest absolute Gasteiger partial charge is 0.136 e. The molecule has 0 radical (unpaired) electrons. The fourth-order valence-corrected chi connectivity index (χ4v) is 2.39. The summed E-state index contributed by atoms with van der Waals surface area (Å²) in [5.41, 5.74) is 3.13. The van der Waals surface area contributed by atoms with Crippen LogP contribution < -0.4 is 4.74 Å². The van der Waals surface area contributed by atoms with Crippen LogP contribution in [0.3, 0.4) is 0 Å². The molecule has 0 fully saturated rings. The molecule has 1 aromatic heterocycles. The minimum absolute atomic E-state index is 0.568. The molecular formula is C15H17ClN2O. The van der Waals surface area contributed by atoms with Crippen LogP contribution in [0.2, 0.25) is 5.15 Å². The van der Waals surface area contributed by atoms with Crippen LogP contribution in [0.4, 0.5) is 0 Å². The fourth-order valence-electron chi connectivity index (χ4n) is 2.02. The lowest BCUT2D eigenvalue weighted by molar-refractivity contribution is 0.414. The van der Waals surface area contributed by atoms with Crippen molar-refractivity contribution in [1.29, 1.82) is 0 Å². The van der Waals surface area contributed by atoms with Crippen LogP contribution in [0, 0.1) is 6.92 Å². The summed E-state index contributed by atoms with van der Waals surface area (Å²) in [5.74, 6) is 1.60. The number of rotatable bonds is 4. The number of hydrogen-bond acceptors (Lipinski definition) is 3. The molecule has 0 atom stereocenters. The van der Waals surface area contributed by atoms with Crippen LogP contribution in [-0.2, 0) is 12.8 Å². The summed E-state index contributed by atoms with van der Waals surface area (Å²) in [6, 6.07) is 7.90. The van der Waals surface area contributed by atoms with Crippen LogP contribution in [0.1, 0.15) is 29.6 Å². The van der Waals surface area contributed by atoms with Crippen LogP contribution in [-0.4, -0.2) is 17.1 Å². The number of nitrogens with zero attached hydrogens (tertiary/aromatic N) is 2. The molecule has 0 aliphatic carbocycles. The van der Waals surface area contributed by atoms with Crippen molar-refractivity contribution in [1.82, 2.24) is 9.97 Å². The van der Waals surface area contributed by atoms with Crippen molar-refractivity contribution >= 4 is 11.6 Å². The van der Waals surface area contributed by atoms with E-state index in [2.05, 4.69) is 16.9 Å². The largest absolute Gasteiger partial charge is 0.497 e. The Kier molecular flexibility index (Phi) is 4.38. The molecule has 19 heavy (non-hydrogen) atoms. The van der Waals surface area contributed by atoms with Gasteiger partial charge in [0, 0.05) is 17.7 Å². The van der Waals surface area contributed by atoms with E-state index in [0.29, 0.717) is 11.6 Å². The average Bonchev–Trinajstić information content (AvgIpc) is 2.39. The molecule has 4 heteroatoms. The normalized spacial score (nSPS) is 10.5. The summed E-state index contributed by atoms with van der Waals surface area (Å²) in [4.78, 5) is 8.88. The van der Waals surface area contributed by atoms with Gasteiger partial charge in [-0.05, 0) is 31.0 Å². The minimum Gasteiger partial charge on any atom is -0.497 e. The molecule has 3 nitrogen and oxygen atoms in total. The van der Waals surface area contributed by atoms with Gasteiger partial charge in [-0.2, -0.15) is 0 Å². The topological polar surface area (TPSA) is 35.0 Å². The van der Waals surface area contributed by atoms with Gasteiger partial charge in [0.05, 0.1) is 7.11 Å². The number of halogens is 1. The molecule has 0 saturated heterocycles. The maximum Gasteiger partial charge on any atom is 0.136 e. The standard InChI is InChI=1S/C15H17ClN2O/c1-4-13-10(2)17-14(18-15(13)16)9-11-5-7-12(19-3)8-6-11/h5-8H,4,9H2,1-3H3. The number of methoxy groups -OCH3 is 1. The maximum atomic E-state index is 6.18. The molecule has 0 aliphatic rings. The maximum absolute atomic E-state index is 6.18. The zero-order valence-electron chi connectivity index (χ0n) is 11.4. The second-order valence-corrected chi connectivity index (χ2v) is 4.73. The molecule has 0 saturated carbocycles. The van der Waals surface area contributed by atoms with Crippen molar-refractivity contribution in [3.63, 3.8) is 0 Å². The van der Waals surface area contributed by atoms with Crippen molar-refractivity contribution in [2.24, 2.45) is 0 Å². The molecule has 0 bridgehead atoms. The van der Waals surface area contributed by atoms with E-state index in [4.69, 9.17) is 16.3 Å². The van der Waals surface area contributed by atoms with E-state index in [0.717, 1.165) is 34.8 Å². The Bertz CT molecular complexity index is 544. The molecule has 2 aromatic rings. The Hall–Kier alpha value is -1.61. The lowest BCUT2D eigenvalue weighted by atomic mass is 10.1. The summed E-state index contributed by atoms with van der Waals surface area (Å²) in [5, 5.41) is 0.568. The van der Waals surface area contributed by atoms with Gasteiger partial charge in [0.2, 0.25) is 0 Å². The molecule has 0 unspecified atom stereocenters. The first-order valence-electron chi connectivity index (χ1n) is 6.28. The highest BCUT2D eigenvalue weighted by molar-refractivity contribution is 6.30. The van der Waals surface area contributed by atoms with Crippen molar-refractivity contribution in [2.45, 2.75) is 26.7 Å². The molecule has 100 valence electrons. The lowest BCUT2D eigenvalue weighted by Gasteiger charge is -2.08. The van der Waals surface area contributed by atoms with Gasteiger partial charge in [0.25, 0.3) is 0 Å².